The Morgan fingerprint density at radius 2 is 2.20 bits per heavy atom. The van der Waals surface area contributed by atoms with Gasteiger partial charge in [0.1, 0.15) is 7.75 Å². The van der Waals surface area contributed by atoms with Crippen molar-refractivity contribution in [2.24, 2.45) is 0 Å². The minimum Gasteiger partial charge on any atom is -0.644 e. The molecular weight excluding hydrogens is 101 g/mol. The quantitative estimate of drug-likeness (QED) is 0.328. The summed E-state index contributed by atoms with van der Waals surface area (Å²) < 4.78 is 0. The van der Waals surface area contributed by atoms with Gasteiger partial charge in [-0.1, -0.05) is 0 Å². The van der Waals surface area contributed by atoms with Crippen molar-refractivity contribution < 1.29 is 4.89 Å². The lowest BCUT2D eigenvalue weighted by Crippen LogP contribution is -1.83. The van der Waals surface area contributed by atoms with Crippen molar-refractivity contribution in [2.75, 3.05) is 0 Å². The molecule has 0 aromatic heterocycles. The monoisotopic (exact) mass is 104 g/mol. The van der Waals surface area contributed by atoms with Crippen LogP contribution in [-0.4, -0.2) is 6.15 Å². The summed E-state index contributed by atoms with van der Waals surface area (Å²) in [5.41, 5.74) is 0. The Hall–Kier alpha value is 0.625. The second kappa shape index (κ2) is 1.05. The van der Waals surface area contributed by atoms with E-state index in [1.165, 1.54) is 7.75 Å². The third-order valence-corrected chi connectivity index (χ3v) is 4.28. The van der Waals surface area contributed by atoms with Gasteiger partial charge in [0, 0.05) is 7.31 Å². The predicted molar refractivity (Wildman–Crippen MR) is 25.5 cm³/mol. The van der Waals surface area contributed by atoms with Crippen LogP contribution in [0, 0.1) is 0 Å². The van der Waals surface area contributed by atoms with E-state index < -0.39 is 7.31 Å². The van der Waals surface area contributed by atoms with Crippen molar-refractivity contribution in [3.63, 3.8) is 0 Å². The molecule has 1 nitrogen and oxygen atoms in total. The molecule has 1 heterocycles. The van der Waals surface area contributed by atoms with Crippen molar-refractivity contribution in [3.05, 3.63) is 0 Å². The van der Waals surface area contributed by atoms with Crippen LogP contribution in [0.3, 0.4) is 0 Å². The van der Waals surface area contributed by atoms with Crippen LogP contribution in [-0.2, 0) is 0 Å². The zero-order valence-electron chi connectivity index (χ0n) is 2.88. The first-order valence-electron chi connectivity index (χ1n) is 1.48. The van der Waals surface area contributed by atoms with E-state index in [0.717, 1.165) is 0 Å². The number of hydrogen-bond acceptors (Lipinski definition) is 1. The standard InChI is InChI=1S/CH3BOP2/c1-2-4-5(2)3/h1H3. The van der Waals surface area contributed by atoms with Gasteiger partial charge in [0.2, 0.25) is 0 Å². The molecule has 0 bridgehead atoms. The highest BCUT2D eigenvalue weighted by Gasteiger charge is 2.34. The van der Waals surface area contributed by atoms with Crippen LogP contribution >= 0.6 is 15.1 Å². The maximum absolute atomic E-state index is 10.0. The van der Waals surface area contributed by atoms with Gasteiger partial charge in [-0.2, -0.15) is 0 Å². The molecular formula is CH3BOP2. The van der Waals surface area contributed by atoms with Crippen LogP contribution in [0.25, 0.3) is 0 Å². The SMILES string of the molecule is CB1P=[P+]1[O-]. The summed E-state index contributed by atoms with van der Waals surface area (Å²) in [5.74, 6) is 0. The van der Waals surface area contributed by atoms with Gasteiger partial charge in [-0.05, 0) is 6.82 Å². The van der Waals surface area contributed by atoms with E-state index in [1.807, 2.05) is 6.82 Å². The second-order valence-corrected chi connectivity index (χ2v) is 5.72. The summed E-state index contributed by atoms with van der Waals surface area (Å²) >= 11 is 0. The van der Waals surface area contributed by atoms with Crippen molar-refractivity contribution in [3.8, 4) is 0 Å². The Labute approximate surface area is 33.9 Å². The molecule has 1 aliphatic heterocycles. The zero-order chi connectivity index (χ0) is 3.86. The molecule has 0 spiro atoms. The van der Waals surface area contributed by atoms with Gasteiger partial charge < -0.3 is 4.89 Å². The summed E-state index contributed by atoms with van der Waals surface area (Å²) in [6.07, 6.45) is 0.532. The van der Waals surface area contributed by atoms with Crippen molar-refractivity contribution in [2.45, 2.75) is 6.82 Å². The first-order chi connectivity index (χ1) is 2.30. The maximum atomic E-state index is 10.0. The molecule has 0 aromatic carbocycles. The van der Waals surface area contributed by atoms with E-state index in [1.54, 1.807) is 0 Å². The maximum Gasteiger partial charge on any atom is 0.494 e. The van der Waals surface area contributed by atoms with E-state index in [-0.39, 0.29) is 0 Å². The van der Waals surface area contributed by atoms with Crippen LogP contribution in [0.4, 0.5) is 0 Å². The summed E-state index contributed by atoms with van der Waals surface area (Å²) in [5, 5.41) is 0. The fourth-order valence-corrected chi connectivity index (χ4v) is 1.59. The minimum absolute atomic E-state index is 0.532. The largest absolute Gasteiger partial charge is 0.644 e. The lowest BCUT2D eigenvalue weighted by molar-refractivity contribution is -0.146. The molecule has 0 N–H and O–H groups in total. The van der Waals surface area contributed by atoms with Crippen molar-refractivity contribution >= 4 is 21.2 Å². The van der Waals surface area contributed by atoms with Crippen LogP contribution in [0.5, 0.6) is 0 Å². The smallest absolute Gasteiger partial charge is 0.494 e. The Morgan fingerprint density at radius 3 is 2.20 bits per heavy atom. The predicted octanol–water partition coefficient (Wildman–Crippen LogP) is 0.736. The number of rotatable bonds is 0. The second-order valence-electron chi connectivity index (χ2n) is 1.05. The molecule has 0 saturated heterocycles. The van der Waals surface area contributed by atoms with E-state index in [2.05, 4.69) is 0 Å². The summed E-state index contributed by atoms with van der Waals surface area (Å²) in [7, 11) is 0.463. The summed E-state index contributed by atoms with van der Waals surface area (Å²) in [4.78, 5) is 10.0. The molecule has 1 atom stereocenters. The highest BCUT2D eigenvalue weighted by molar-refractivity contribution is 8.47. The average molecular weight is 104 g/mol. The third kappa shape index (κ3) is 0.726. The van der Waals surface area contributed by atoms with Crippen LogP contribution < -0.4 is 4.89 Å². The average Bonchev–Trinajstić information content (AvgIpc) is 1.79. The van der Waals surface area contributed by atoms with Crippen LogP contribution in [0.2, 0.25) is 6.82 Å². The molecule has 5 heavy (non-hydrogen) atoms. The van der Waals surface area contributed by atoms with Gasteiger partial charge in [0.25, 0.3) is 0 Å². The third-order valence-electron chi connectivity index (χ3n) is 0.546. The lowest BCUT2D eigenvalue weighted by Gasteiger charge is -1.65. The van der Waals surface area contributed by atoms with Gasteiger partial charge >= 0.3 is 6.15 Å². The highest BCUT2D eigenvalue weighted by atomic mass is 31.8. The molecule has 0 saturated carbocycles. The molecule has 4 heteroatoms. The van der Waals surface area contributed by atoms with Crippen LogP contribution in [0.15, 0.2) is 0 Å². The van der Waals surface area contributed by atoms with E-state index in [0.29, 0.717) is 6.15 Å². The summed E-state index contributed by atoms with van der Waals surface area (Å²) in [6.45, 7) is 2.00. The fourth-order valence-electron chi connectivity index (χ4n) is 0.135. The fraction of sp³-hybridized carbons (Fsp3) is 1.00. The molecule has 1 aliphatic rings. The van der Waals surface area contributed by atoms with Crippen molar-refractivity contribution in [1.82, 2.24) is 0 Å². The highest BCUT2D eigenvalue weighted by Crippen LogP contribution is 2.52. The molecule has 1 unspecified atom stereocenters. The Kier molecular flexibility index (Phi) is 0.795. The zero-order valence-corrected chi connectivity index (χ0v) is 4.67. The van der Waals surface area contributed by atoms with Crippen LogP contribution in [0.1, 0.15) is 0 Å². The Morgan fingerprint density at radius 1 is 2.00 bits per heavy atom. The Bertz CT molecular complexity index is 79.7. The van der Waals surface area contributed by atoms with Gasteiger partial charge in [-0.25, -0.2) is 0 Å². The summed E-state index contributed by atoms with van der Waals surface area (Å²) in [6, 6.07) is 0. The van der Waals surface area contributed by atoms with E-state index >= 15 is 0 Å². The number of hydrogen-bond donors (Lipinski definition) is 0. The first-order valence-corrected chi connectivity index (χ1v) is 4.47. The van der Waals surface area contributed by atoms with Gasteiger partial charge in [-0.15, -0.1) is 0 Å². The molecule has 0 amide bonds. The molecule has 1 rings (SSSR count). The van der Waals surface area contributed by atoms with Gasteiger partial charge in [0.15, 0.2) is 0 Å². The topological polar surface area (TPSA) is 23.1 Å². The van der Waals surface area contributed by atoms with E-state index in [9.17, 15) is 4.89 Å². The minimum atomic E-state index is -0.709. The molecule has 26 valence electrons. The van der Waals surface area contributed by atoms with Gasteiger partial charge in [0.05, 0.1) is 0 Å². The van der Waals surface area contributed by atoms with Gasteiger partial charge in [-0.3, -0.25) is 0 Å². The lowest BCUT2D eigenvalue weighted by atomic mass is 10.2. The van der Waals surface area contributed by atoms with Crippen molar-refractivity contribution in [1.29, 1.82) is 0 Å². The molecule has 0 fully saturated rings. The van der Waals surface area contributed by atoms with E-state index in [4.69, 9.17) is 0 Å². The molecule has 0 aliphatic carbocycles. The first kappa shape index (κ1) is 3.80. The molecule has 0 aromatic rings. The Balaban J connectivity index is 2.38. The normalized spacial score (nSPS) is 29.2. The molecule has 0 radical (unpaired) electrons.